The molecular formula is C15H12ClNO4. The van der Waals surface area contributed by atoms with Crippen molar-refractivity contribution in [1.29, 1.82) is 0 Å². The third-order valence-corrected chi connectivity index (χ3v) is 3.16. The molecule has 0 aliphatic rings. The zero-order valence-corrected chi connectivity index (χ0v) is 11.5. The minimum Gasteiger partial charge on any atom is -0.478 e. The van der Waals surface area contributed by atoms with Gasteiger partial charge in [0.05, 0.1) is 16.3 Å². The summed E-state index contributed by atoms with van der Waals surface area (Å²) in [6, 6.07) is 12.3. The molecule has 0 aliphatic carbocycles. The second kappa shape index (κ2) is 6.39. The van der Waals surface area contributed by atoms with Gasteiger partial charge >= 0.3 is 5.97 Å². The molecule has 1 amide bonds. The number of aromatic carboxylic acids is 1. The monoisotopic (exact) mass is 305 g/mol. The van der Waals surface area contributed by atoms with E-state index in [1.54, 1.807) is 30.3 Å². The number of carboxylic acids is 1. The number of anilines is 1. The molecule has 0 saturated heterocycles. The first-order valence-electron chi connectivity index (χ1n) is 6.06. The molecule has 5 nitrogen and oxygen atoms in total. The van der Waals surface area contributed by atoms with Crippen LogP contribution in [0.2, 0.25) is 5.02 Å². The fraction of sp³-hybridized carbons (Fsp3) is 0.0667. The molecule has 1 atom stereocenters. The lowest BCUT2D eigenvalue weighted by molar-refractivity contribution is -0.124. The van der Waals surface area contributed by atoms with E-state index in [2.05, 4.69) is 5.32 Å². The van der Waals surface area contributed by atoms with Gasteiger partial charge in [0.2, 0.25) is 0 Å². The van der Waals surface area contributed by atoms with Crippen molar-refractivity contribution in [2.75, 3.05) is 5.32 Å². The van der Waals surface area contributed by atoms with Crippen LogP contribution in [0.3, 0.4) is 0 Å². The smallest absolute Gasteiger partial charge is 0.335 e. The Morgan fingerprint density at radius 3 is 2.38 bits per heavy atom. The van der Waals surface area contributed by atoms with E-state index in [0.717, 1.165) is 0 Å². The summed E-state index contributed by atoms with van der Waals surface area (Å²) in [6.45, 7) is 0. The number of aliphatic hydroxyl groups is 1. The summed E-state index contributed by atoms with van der Waals surface area (Å²) in [6.07, 6.45) is -1.37. The number of amides is 1. The van der Waals surface area contributed by atoms with Gasteiger partial charge in [-0.3, -0.25) is 4.79 Å². The molecule has 21 heavy (non-hydrogen) atoms. The molecule has 0 spiro atoms. The highest BCUT2D eigenvalue weighted by Gasteiger charge is 2.18. The lowest BCUT2D eigenvalue weighted by Crippen LogP contribution is -2.21. The van der Waals surface area contributed by atoms with Crippen molar-refractivity contribution in [2.24, 2.45) is 0 Å². The molecule has 0 heterocycles. The molecule has 1 unspecified atom stereocenters. The van der Waals surface area contributed by atoms with Crippen LogP contribution in [0.15, 0.2) is 48.5 Å². The molecule has 0 bridgehead atoms. The molecule has 2 aromatic rings. The average molecular weight is 306 g/mol. The highest BCUT2D eigenvalue weighted by molar-refractivity contribution is 6.33. The number of hydrogen-bond acceptors (Lipinski definition) is 3. The SMILES string of the molecule is O=C(O)c1ccc(Cl)c(NC(=O)C(O)c2ccccc2)c1. The van der Waals surface area contributed by atoms with Crippen LogP contribution < -0.4 is 5.32 Å². The van der Waals surface area contributed by atoms with E-state index in [1.165, 1.54) is 18.2 Å². The van der Waals surface area contributed by atoms with Crippen LogP contribution in [-0.4, -0.2) is 22.1 Å². The number of nitrogens with one attached hydrogen (secondary N) is 1. The zero-order valence-electron chi connectivity index (χ0n) is 10.8. The normalized spacial score (nSPS) is 11.7. The summed E-state index contributed by atoms with van der Waals surface area (Å²) in [4.78, 5) is 22.9. The Bertz CT molecular complexity index is 673. The maximum atomic E-state index is 12.0. The second-order valence-corrected chi connectivity index (χ2v) is 4.71. The van der Waals surface area contributed by atoms with E-state index < -0.39 is 18.0 Å². The molecule has 2 aromatic carbocycles. The van der Waals surface area contributed by atoms with E-state index in [9.17, 15) is 14.7 Å². The number of halogens is 1. The maximum Gasteiger partial charge on any atom is 0.335 e. The minimum absolute atomic E-state index is 0.0103. The molecule has 0 aromatic heterocycles. The van der Waals surface area contributed by atoms with Crippen molar-refractivity contribution in [3.8, 4) is 0 Å². The number of rotatable bonds is 4. The first kappa shape index (κ1) is 15.0. The number of carbonyl (C=O) groups excluding carboxylic acids is 1. The summed E-state index contributed by atoms with van der Waals surface area (Å²) < 4.78 is 0. The minimum atomic E-state index is -1.37. The van der Waals surface area contributed by atoms with Crippen molar-refractivity contribution < 1.29 is 19.8 Å². The van der Waals surface area contributed by atoms with Gasteiger partial charge in [-0.1, -0.05) is 41.9 Å². The molecule has 0 aliphatic heterocycles. The third-order valence-electron chi connectivity index (χ3n) is 2.83. The van der Waals surface area contributed by atoms with Crippen molar-refractivity contribution >= 4 is 29.2 Å². The van der Waals surface area contributed by atoms with E-state index >= 15 is 0 Å². The molecular weight excluding hydrogens is 294 g/mol. The summed E-state index contributed by atoms with van der Waals surface area (Å²) >= 11 is 5.91. The van der Waals surface area contributed by atoms with E-state index in [-0.39, 0.29) is 16.3 Å². The summed E-state index contributed by atoms with van der Waals surface area (Å²) in [7, 11) is 0. The van der Waals surface area contributed by atoms with Crippen molar-refractivity contribution in [1.82, 2.24) is 0 Å². The standard InChI is InChI=1S/C15H12ClNO4/c16-11-7-6-10(15(20)21)8-12(11)17-14(19)13(18)9-4-2-1-3-5-9/h1-8,13,18H,(H,17,19)(H,20,21). The molecule has 6 heteroatoms. The van der Waals surface area contributed by atoms with Crippen LogP contribution in [0.25, 0.3) is 0 Å². The Morgan fingerprint density at radius 2 is 1.76 bits per heavy atom. The van der Waals surface area contributed by atoms with Crippen molar-refractivity contribution in [3.05, 3.63) is 64.7 Å². The average Bonchev–Trinajstić information content (AvgIpc) is 2.49. The molecule has 3 N–H and O–H groups in total. The number of aliphatic hydroxyl groups excluding tert-OH is 1. The van der Waals surface area contributed by atoms with E-state index in [1.807, 2.05) is 0 Å². The van der Waals surface area contributed by atoms with E-state index in [0.29, 0.717) is 5.56 Å². The van der Waals surface area contributed by atoms with Gasteiger partial charge in [0.15, 0.2) is 6.10 Å². The molecule has 0 fully saturated rings. The number of carbonyl (C=O) groups is 2. The highest BCUT2D eigenvalue weighted by Crippen LogP contribution is 2.24. The van der Waals surface area contributed by atoms with Gasteiger partial charge in [0.1, 0.15) is 0 Å². The Balaban J connectivity index is 2.20. The summed E-state index contributed by atoms with van der Waals surface area (Å²) in [5.74, 6) is -1.82. The molecule has 108 valence electrons. The summed E-state index contributed by atoms with van der Waals surface area (Å²) in [5, 5.41) is 21.5. The van der Waals surface area contributed by atoms with Crippen LogP contribution in [0.4, 0.5) is 5.69 Å². The number of hydrogen-bond donors (Lipinski definition) is 3. The Kier molecular flexibility index (Phi) is 4.57. The topological polar surface area (TPSA) is 86.6 Å². The Labute approximate surface area is 125 Å². The lowest BCUT2D eigenvalue weighted by Gasteiger charge is -2.13. The second-order valence-electron chi connectivity index (χ2n) is 4.30. The molecule has 0 saturated carbocycles. The lowest BCUT2D eigenvalue weighted by atomic mass is 10.1. The highest BCUT2D eigenvalue weighted by atomic mass is 35.5. The predicted octanol–water partition coefficient (Wildman–Crippen LogP) is 2.71. The largest absolute Gasteiger partial charge is 0.478 e. The van der Waals surface area contributed by atoms with Crippen LogP contribution in [0.5, 0.6) is 0 Å². The van der Waals surface area contributed by atoms with Crippen LogP contribution in [-0.2, 0) is 4.79 Å². The van der Waals surface area contributed by atoms with Gasteiger partial charge in [0, 0.05) is 0 Å². The van der Waals surface area contributed by atoms with Crippen LogP contribution in [0.1, 0.15) is 22.0 Å². The van der Waals surface area contributed by atoms with Gasteiger partial charge in [-0.25, -0.2) is 4.79 Å². The Morgan fingerprint density at radius 1 is 1.10 bits per heavy atom. The zero-order chi connectivity index (χ0) is 15.4. The maximum absolute atomic E-state index is 12.0. The molecule has 2 rings (SSSR count). The van der Waals surface area contributed by atoms with Gasteiger partial charge in [-0.2, -0.15) is 0 Å². The van der Waals surface area contributed by atoms with E-state index in [4.69, 9.17) is 16.7 Å². The third kappa shape index (κ3) is 3.59. The fourth-order valence-electron chi connectivity index (χ4n) is 1.74. The summed E-state index contributed by atoms with van der Waals surface area (Å²) in [5.41, 5.74) is 0.556. The van der Waals surface area contributed by atoms with Crippen LogP contribution in [0, 0.1) is 0 Å². The number of carboxylic acid groups (broad SMARTS) is 1. The van der Waals surface area contributed by atoms with Crippen molar-refractivity contribution in [2.45, 2.75) is 6.10 Å². The van der Waals surface area contributed by atoms with Crippen LogP contribution >= 0.6 is 11.6 Å². The Hall–Kier alpha value is -2.37. The fourth-order valence-corrected chi connectivity index (χ4v) is 1.91. The van der Waals surface area contributed by atoms with Gasteiger partial charge < -0.3 is 15.5 Å². The van der Waals surface area contributed by atoms with Gasteiger partial charge in [0.25, 0.3) is 5.91 Å². The first-order chi connectivity index (χ1) is 9.99. The molecule has 0 radical (unpaired) electrons. The number of benzene rings is 2. The predicted molar refractivity (Wildman–Crippen MR) is 78.4 cm³/mol. The first-order valence-corrected chi connectivity index (χ1v) is 6.43. The van der Waals surface area contributed by atoms with Gasteiger partial charge in [-0.05, 0) is 23.8 Å². The van der Waals surface area contributed by atoms with Gasteiger partial charge in [-0.15, -0.1) is 0 Å². The quantitative estimate of drug-likeness (QED) is 0.810. The van der Waals surface area contributed by atoms with Crippen molar-refractivity contribution in [3.63, 3.8) is 0 Å².